The fraction of sp³-hybridized carbons (Fsp3) is 0.462. The van der Waals surface area contributed by atoms with Crippen molar-refractivity contribution in [3.63, 3.8) is 0 Å². The van der Waals surface area contributed by atoms with Crippen molar-refractivity contribution in [2.24, 2.45) is 0 Å². The second-order valence-corrected chi connectivity index (χ2v) is 5.79. The van der Waals surface area contributed by atoms with Crippen molar-refractivity contribution in [3.8, 4) is 0 Å². The van der Waals surface area contributed by atoms with Crippen LogP contribution >= 0.6 is 23.4 Å². The Morgan fingerprint density at radius 1 is 1.44 bits per heavy atom. The lowest BCUT2D eigenvalue weighted by Gasteiger charge is -2.29. The molecule has 0 aliphatic carbocycles. The van der Waals surface area contributed by atoms with Crippen LogP contribution in [0.15, 0.2) is 12.1 Å². The first-order chi connectivity index (χ1) is 8.60. The van der Waals surface area contributed by atoms with Gasteiger partial charge in [0.25, 0.3) is 5.91 Å². The number of halogens is 2. The maximum absolute atomic E-state index is 12.1. The van der Waals surface area contributed by atoms with Gasteiger partial charge in [-0.25, -0.2) is 4.42 Å². The summed E-state index contributed by atoms with van der Waals surface area (Å²) in [5, 5.41) is 3.54. The second kappa shape index (κ2) is 4.41. The highest BCUT2D eigenvalue weighted by Crippen LogP contribution is 2.38. The van der Waals surface area contributed by atoms with Crippen molar-refractivity contribution in [3.05, 3.63) is 33.8 Å². The zero-order chi connectivity index (χ0) is 12.9. The van der Waals surface area contributed by atoms with Crippen molar-refractivity contribution in [2.75, 3.05) is 13.1 Å². The molecule has 0 spiro atoms. The van der Waals surface area contributed by atoms with Crippen LogP contribution in [0.5, 0.6) is 0 Å². The number of fused-ring (bicyclic) bond motifs is 3. The smallest absolute Gasteiger partial charge is 0.253 e. The van der Waals surface area contributed by atoms with Crippen LogP contribution in [0, 0.1) is 0 Å². The minimum Gasteiger partial charge on any atom is -0.347 e. The molecule has 0 radical (unpaired) electrons. The van der Waals surface area contributed by atoms with Gasteiger partial charge in [-0.2, -0.15) is 0 Å². The molecule has 0 aromatic heterocycles. The van der Waals surface area contributed by atoms with E-state index < -0.39 is 0 Å². The van der Waals surface area contributed by atoms with Crippen LogP contribution in [-0.4, -0.2) is 29.5 Å². The van der Waals surface area contributed by atoms with Gasteiger partial charge in [0.2, 0.25) is 0 Å². The monoisotopic (exact) mass is 284 g/mol. The van der Waals surface area contributed by atoms with Gasteiger partial charge in [0.1, 0.15) is 0 Å². The number of hydrogen-bond acceptors (Lipinski definition) is 2. The molecule has 2 aliphatic heterocycles. The van der Waals surface area contributed by atoms with E-state index in [9.17, 15) is 4.79 Å². The van der Waals surface area contributed by atoms with Crippen LogP contribution in [0.4, 0.5) is 0 Å². The largest absolute Gasteiger partial charge is 0.347 e. The van der Waals surface area contributed by atoms with E-state index in [2.05, 4.69) is 18.3 Å². The average molecular weight is 285 g/mol. The van der Waals surface area contributed by atoms with E-state index in [1.165, 1.54) is 5.56 Å². The first-order valence-corrected chi connectivity index (χ1v) is 6.85. The van der Waals surface area contributed by atoms with Gasteiger partial charge in [-0.15, -0.1) is 0 Å². The molecular weight excluding hydrogens is 271 g/mol. The molecule has 2 aliphatic rings. The highest BCUT2D eigenvalue weighted by molar-refractivity contribution is 6.34. The Morgan fingerprint density at radius 3 is 2.94 bits per heavy atom. The molecule has 1 saturated heterocycles. The van der Waals surface area contributed by atoms with Crippen molar-refractivity contribution in [2.45, 2.75) is 25.3 Å². The number of carbonyl (C=O) groups is 1. The summed E-state index contributed by atoms with van der Waals surface area (Å²) in [7, 11) is 0. The first-order valence-electron chi connectivity index (χ1n) is 6.14. The molecule has 18 heavy (non-hydrogen) atoms. The van der Waals surface area contributed by atoms with Gasteiger partial charge < -0.3 is 5.32 Å². The number of carbonyl (C=O) groups excluding carboxylic acids is 1. The first kappa shape index (κ1) is 12.3. The molecule has 1 aromatic rings. The average Bonchev–Trinajstić information content (AvgIpc) is 2.69. The maximum Gasteiger partial charge on any atom is 0.253 e. The Morgan fingerprint density at radius 2 is 2.22 bits per heavy atom. The number of nitrogens with zero attached hydrogens (tertiary/aromatic N) is 1. The van der Waals surface area contributed by atoms with E-state index in [-0.39, 0.29) is 17.9 Å². The molecule has 96 valence electrons. The predicted octanol–water partition coefficient (Wildman–Crippen LogP) is 2.57. The third-order valence-corrected chi connectivity index (χ3v) is 4.38. The molecule has 1 N–H and O–H groups in total. The summed E-state index contributed by atoms with van der Waals surface area (Å²) in [6.07, 6.45) is 0.913. The summed E-state index contributed by atoms with van der Waals surface area (Å²) in [6, 6.07) is 4.09. The van der Waals surface area contributed by atoms with Gasteiger partial charge in [-0.1, -0.05) is 24.6 Å². The molecule has 2 heterocycles. The van der Waals surface area contributed by atoms with Gasteiger partial charge in [-0.05, 0) is 35.4 Å². The van der Waals surface area contributed by atoms with Crippen molar-refractivity contribution >= 4 is 29.3 Å². The Labute approximate surface area is 116 Å². The zero-order valence-corrected chi connectivity index (χ0v) is 11.6. The maximum atomic E-state index is 12.1. The number of aryl methyl sites for hydroxylation is 1. The summed E-state index contributed by atoms with van der Waals surface area (Å²) < 4.78 is 1.73. The van der Waals surface area contributed by atoms with Gasteiger partial charge in [-0.3, -0.25) is 4.79 Å². The van der Waals surface area contributed by atoms with Gasteiger partial charge in [0, 0.05) is 19.0 Å². The number of hydrogen-bond donors (Lipinski definition) is 1. The normalized spacial score (nSPS) is 26.7. The predicted molar refractivity (Wildman–Crippen MR) is 72.3 cm³/mol. The fourth-order valence-corrected chi connectivity index (χ4v) is 3.51. The molecule has 1 fully saturated rings. The lowest BCUT2D eigenvalue weighted by molar-refractivity contribution is 0.0924. The van der Waals surface area contributed by atoms with Crippen LogP contribution in [0.1, 0.15) is 34.3 Å². The molecule has 5 heteroatoms. The van der Waals surface area contributed by atoms with Crippen LogP contribution in [0.2, 0.25) is 5.02 Å². The Balaban J connectivity index is 2.14. The van der Waals surface area contributed by atoms with Gasteiger partial charge in [0.15, 0.2) is 0 Å². The van der Waals surface area contributed by atoms with E-state index >= 15 is 0 Å². The summed E-state index contributed by atoms with van der Waals surface area (Å²) in [4.78, 5) is 12.1. The molecule has 1 aromatic carbocycles. The number of benzene rings is 1. The van der Waals surface area contributed by atoms with Crippen LogP contribution in [0.3, 0.4) is 0 Å². The number of nitrogens with one attached hydrogen (secondary N) is 1. The van der Waals surface area contributed by atoms with E-state index in [4.69, 9.17) is 23.4 Å². The van der Waals surface area contributed by atoms with Crippen molar-refractivity contribution < 1.29 is 4.79 Å². The van der Waals surface area contributed by atoms with Crippen LogP contribution in [0.25, 0.3) is 0 Å². The van der Waals surface area contributed by atoms with E-state index in [0.29, 0.717) is 17.1 Å². The quantitative estimate of drug-likeness (QED) is 0.804. The van der Waals surface area contributed by atoms with Crippen molar-refractivity contribution in [1.82, 2.24) is 9.74 Å². The Bertz CT molecular complexity index is 518. The molecule has 3 nitrogen and oxygen atoms in total. The molecule has 1 amide bonds. The van der Waals surface area contributed by atoms with E-state index in [1.807, 2.05) is 6.07 Å². The summed E-state index contributed by atoms with van der Waals surface area (Å²) in [5.74, 6) is 0.171. The minimum atomic E-state index is -0.0779. The minimum absolute atomic E-state index is 0.0779. The summed E-state index contributed by atoms with van der Waals surface area (Å²) >= 11 is 12.3. The third kappa shape index (κ3) is 1.81. The van der Waals surface area contributed by atoms with Gasteiger partial charge >= 0.3 is 0 Å². The highest BCUT2D eigenvalue weighted by atomic mass is 35.5. The summed E-state index contributed by atoms with van der Waals surface area (Å²) in [6.45, 7) is 3.52. The number of amides is 1. The van der Waals surface area contributed by atoms with Gasteiger partial charge in [0.05, 0.1) is 16.6 Å². The topological polar surface area (TPSA) is 32.3 Å². The molecule has 0 unspecified atom stereocenters. The van der Waals surface area contributed by atoms with Crippen molar-refractivity contribution in [1.29, 1.82) is 0 Å². The Hall–Kier alpha value is -0.770. The zero-order valence-electron chi connectivity index (χ0n) is 10.0. The second-order valence-electron chi connectivity index (χ2n) is 4.91. The lowest BCUT2D eigenvalue weighted by Crippen LogP contribution is -2.44. The van der Waals surface area contributed by atoms with Crippen LogP contribution in [-0.2, 0) is 6.42 Å². The SMILES string of the molecule is CCc1cc(Cl)c2c(c1)[C@@H]1CN(Cl)C[C@H]1NC2=O. The molecule has 3 rings (SSSR count). The lowest BCUT2D eigenvalue weighted by atomic mass is 9.85. The molecule has 0 bridgehead atoms. The highest BCUT2D eigenvalue weighted by Gasteiger charge is 2.41. The van der Waals surface area contributed by atoms with E-state index in [1.54, 1.807) is 4.42 Å². The summed E-state index contributed by atoms with van der Waals surface area (Å²) in [5.41, 5.74) is 2.85. The van der Waals surface area contributed by atoms with Crippen LogP contribution < -0.4 is 5.32 Å². The number of rotatable bonds is 1. The third-order valence-electron chi connectivity index (χ3n) is 3.81. The molecule has 0 saturated carbocycles. The Kier molecular flexibility index (Phi) is 3.00. The molecule has 2 atom stereocenters. The standard InChI is InChI=1S/C13H14Cl2N2O/c1-2-7-3-8-9-5-17(15)6-11(9)16-13(18)12(8)10(14)4-7/h3-4,9,11H,2,5-6H2,1H3,(H,16,18)/t9-,11+/m0/s1. The molecular formula is C13H14Cl2N2O. The fourth-order valence-electron chi connectivity index (χ4n) is 2.88. The van der Waals surface area contributed by atoms with E-state index in [0.717, 1.165) is 18.5 Å².